The van der Waals surface area contributed by atoms with Crippen molar-refractivity contribution in [2.24, 2.45) is 0 Å². The molecule has 2 aromatic carbocycles. The van der Waals surface area contributed by atoms with Gasteiger partial charge in [0.25, 0.3) is 0 Å². The van der Waals surface area contributed by atoms with E-state index in [1.54, 1.807) is 37.3 Å². The van der Waals surface area contributed by atoms with Gasteiger partial charge in [0.05, 0.1) is 10.6 Å². The average molecular weight is 275 g/mol. The Morgan fingerprint density at radius 1 is 0.947 bits per heavy atom. The summed E-state index contributed by atoms with van der Waals surface area (Å²) in [6, 6.07) is 11.2. The Kier molecular flexibility index (Phi) is 3.67. The number of carboxylic acids is 1. The summed E-state index contributed by atoms with van der Waals surface area (Å²) in [5.74, 6) is -1.51. The van der Waals surface area contributed by atoms with E-state index in [9.17, 15) is 9.59 Å². The van der Waals surface area contributed by atoms with Crippen LogP contribution in [0.25, 0.3) is 0 Å². The Labute approximate surface area is 115 Å². The molecule has 0 aliphatic carbocycles. The first-order valence-electron chi connectivity index (χ1n) is 5.64. The zero-order valence-corrected chi connectivity index (χ0v) is 10.9. The van der Waals surface area contributed by atoms with Crippen LogP contribution in [0.3, 0.4) is 0 Å². The van der Waals surface area contributed by atoms with Gasteiger partial charge in [0.1, 0.15) is 0 Å². The molecule has 0 unspecified atom stereocenters. The average Bonchev–Trinajstić information content (AvgIpc) is 2.41. The van der Waals surface area contributed by atoms with Crippen LogP contribution in [0.2, 0.25) is 5.02 Å². The number of hydrogen-bond acceptors (Lipinski definition) is 2. The predicted octanol–water partition coefficient (Wildman–Crippen LogP) is 3.58. The Balaban J connectivity index is 2.57. The first-order valence-corrected chi connectivity index (χ1v) is 6.02. The molecule has 0 aromatic heterocycles. The predicted molar refractivity (Wildman–Crippen MR) is 73.0 cm³/mol. The van der Waals surface area contributed by atoms with Gasteiger partial charge in [-0.3, -0.25) is 4.79 Å². The maximum Gasteiger partial charge on any atom is 0.336 e. The second-order valence-electron chi connectivity index (χ2n) is 4.12. The van der Waals surface area contributed by atoms with Crippen LogP contribution >= 0.6 is 11.6 Å². The van der Waals surface area contributed by atoms with E-state index >= 15 is 0 Å². The lowest BCUT2D eigenvalue weighted by Crippen LogP contribution is -2.10. The molecule has 96 valence electrons. The quantitative estimate of drug-likeness (QED) is 0.871. The number of carboxylic acid groups (broad SMARTS) is 1. The molecule has 1 N–H and O–H groups in total. The molecule has 19 heavy (non-hydrogen) atoms. The molecule has 0 heterocycles. The second kappa shape index (κ2) is 5.24. The largest absolute Gasteiger partial charge is 0.478 e. The topological polar surface area (TPSA) is 54.4 Å². The minimum atomic E-state index is -1.13. The number of halogens is 1. The number of aryl methyl sites for hydroxylation is 1. The monoisotopic (exact) mass is 274 g/mol. The third-order valence-electron chi connectivity index (χ3n) is 2.84. The number of carbonyl (C=O) groups is 2. The van der Waals surface area contributed by atoms with Gasteiger partial charge >= 0.3 is 5.97 Å². The van der Waals surface area contributed by atoms with Crippen molar-refractivity contribution in [2.45, 2.75) is 6.92 Å². The van der Waals surface area contributed by atoms with E-state index in [0.29, 0.717) is 10.6 Å². The van der Waals surface area contributed by atoms with Gasteiger partial charge in [0.2, 0.25) is 0 Å². The van der Waals surface area contributed by atoms with Crippen LogP contribution < -0.4 is 0 Å². The molecule has 0 aliphatic rings. The molecule has 2 rings (SSSR count). The van der Waals surface area contributed by atoms with Crippen molar-refractivity contribution in [2.75, 3.05) is 0 Å². The number of carbonyl (C=O) groups excluding carboxylic acids is 1. The molecule has 0 spiro atoms. The Hall–Kier alpha value is -2.13. The number of rotatable bonds is 3. The van der Waals surface area contributed by atoms with E-state index in [4.69, 9.17) is 16.7 Å². The molecule has 0 bridgehead atoms. The van der Waals surface area contributed by atoms with Gasteiger partial charge in [-0.1, -0.05) is 41.9 Å². The Morgan fingerprint density at radius 2 is 1.53 bits per heavy atom. The van der Waals surface area contributed by atoms with Crippen LogP contribution in [0.1, 0.15) is 31.8 Å². The van der Waals surface area contributed by atoms with Gasteiger partial charge in [-0.05, 0) is 24.6 Å². The SMILES string of the molecule is Cc1cccc(C(=O)c2ccccc2C(=O)O)c1Cl. The van der Waals surface area contributed by atoms with Crippen molar-refractivity contribution in [1.82, 2.24) is 0 Å². The van der Waals surface area contributed by atoms with Gasteiger partial charge in [-0.15, -0.1) is 0 Å². The van der Waals surface area contributed by atoms with Crippen molar-refractivity contribution in [3.63, 3.8) is 0 Å². The van der Waals surface area contributed by atoms with E-state index in [0.717, 1.165) is 5.56 Å². The van der Waals surface area contributed by atoms with Crippen molar-refractivity contribution in [3.8, 4) is 0 Å². The van der Waals surface area contributed by atoms with E-state index in [1.165, 1.54) is 12.1 Å². The molecule has 4 heteroatoms. The van der Waals surface area contributed by atoms with Crippen molar-refractivity contribution in [3.05, 3.63) is 69.7 Å². The highest BCUT2D eigenvalue weighted by Crippen LogP contribution is 2.24. The number of aromatic carboxylic acids is 1. The molecule has 3 nitrogen and oxygen atoms in total. The lowest BCUT2D eigenvalue weighted by atomic mass is 9.97. The molecule has 0 saturated carbocycles. The number of benzene rings is 2. The van der Waals surface area contributed by atoms with Crippen LogP contribution in [0, 0.1) is 6.92 Å². The van der Waals surface area contributed by atoms with E-state index in [-0.39, 0.29) is 16.9 Å². The van der Waals surface area contributed by atoms with Crippen molar-refractivity contribution in [1.29, 1.82) is 0 Å². The highest BCUT2D eigenvalue weighted by Gasteiger charge is 2.19. The third kappa shape index (κ3) is 2.51. The summed E-state index contributed by atoms with van der Waals surface area (Å²) in [5, 5.41) is 9.45. The van der Waals surface area contributed by atoms with Crippen molar-refractivity contribution < 1.29 is 14.7 Å². The molecule has 0 aliphatic heterocycles. The number of ketones is 1. The summed E-state index contributed by atoms with van der Waals surface area (Å²) in [7, 11) is 0. The van der Waals surface area contributed by atoms with Crippen LogP contribution in [-0.2, 0) is 0 Å². The third-order valence-corrected chi connectivity index (χ3v) is 3.34. The van der Waals surface area contributed by atoms with Gasteiger partial charge in [0, 0.05) is 11.1 Å². The molecule has 0 fully saturated rings. The standard InChI is InChI=1S/C15H11ClO3/c1-9-5-4-8-12(13(9)16)14(17)10-6-2-3-7-11(10)15(18)19/h2-8H,1H3,(H,18,19). The van der Waals surface area contributed by atoms with Crippen molar-refractivity contribution >= 4 is 23.4 Å². The summed E-state index contributed by atoms with van der Waals surface area (Å²) in [4.78, 5) is 23.5. The molecule has 0 radical (unpaired) electrons. The fraction of sp³-hybridized carbons (Fsp3) is 0.0667. The minimum Gasteiger partial charge on any atom is -0.478 e. The molecule has 0 saturated heterocycles. The summed E-state index contributed by atoms with van der Waals surface area (Å²) >= 11 is 6.10. The lowest BCUT2D eigenvalue weighted by molar-refractivity contribution is 0.0693. The molecule has 2 aromatic rings. The zero-order valence-electron chi connectivity index (χ0n) is 10.2. The summed E-state index contributed by atoms with van der Waals surface area (Å²) < 4.78 is 0. The summed E-state index contributed by atoms with van der Waals surface area (Å²) in [6.45, 7) is 1.79. The first kappa shape index (κ1) is 13.3. The molecular formula is C15H11ClO3. The highest BCUT2D eigenvalue weighted by atomic mass is 35.5. The smallest absolute Gasteiger partial charge is 0.336 e. The Morgan fingerprint density at radius 3 is 2.16 bits per heavy atom. The fourth-order valence-electron chi connectivity index (χ4n) is 1.84. The van der Waals surface area contributed by atoms with E-state index in [2.05, 4.69) is 0 Å². The molecular weight excluding hydrogens is 264 g/mol. The van der Waals surface area contributed by atoms with Crippen LogP contribution in [-0.4, -0.2) is 16.9 Å². The van der Waals surface area contributed by atoms with Gasteiger partial charge in [-0.2, -0.15) is 0 Å². The second-order valence-corrected chi connectivity index (χ2v) is 4.49. The summed E-state index contributed by atoms with van der Waals surface area (Å²) in [6.07, 6.45) is 0. The first-order chi connectivity index (χ1) is 9.02. The molecule has 0 atom stereocenters. The fourth-order valence-corrected chi connectivity index (χ4v) is 2.05. The summed E-state index contributed by atoms with van der Waals surface area (Å²) in [5.41, 5.74) is 1.21. The minimum absolute atomic E-state index is 0.0231. The maximum absolute atomic E-state index is 12.4. The van der Waals surface area contributed by atoms with Gasteiger partial charge < -0.3 is 5.11 Å². The van der Waals surface area contributed by atoms with E-state index in [1.807, 2.05) is 0 Å². The van der Waals surface area contributed by atoms with E-state index < -0.39 is 5.97 Å². The maximum atomic E-state index is 12.4. The highest BCUT2D eigenvalue weighted by molar-refractivity contribution is 6.36. The van der Waals surface area contributed by atoms with Crippen LogP contribution in [0.15, 0.2) is 42.5 Å². The van der Waals surface area contributed by atoms with Gasteiger partial charge in [-0.25, -0.2) is 4.79 Å². The Bertz CT molecular complexity index is 662. The van der Waals surface area contributed by atoms with Gasteiger partial charge in [0.15, 0.2) is 5.78 Å². The van der Waals surface area contributed by atoms with Crippen LogP contribution in [0.4, 0.5) is 0 Å². The van der Waals surface area contributed by atoms with Crippen LogP contribution in [0.5, 0.6) is 0 Å². The normalized spacial score (nSPS) is 10.2. The molecule has 0 amide bonds. The number of hydrogen-bond donors (Lipinski definition) is 1. The zero-order chi connectivity index (χ0) is 14.0. The lowest BCUT2D eigenvalue weighted by Gasteiger charge is -2.08.